The van der Waals surface area contributed by atoms with E-state index in [0.717, 1.165) is 34.4 Å². The monoisotopic (exact) mass is 489 g/mol. The van der Waals surface area contributed by atoms with Crippen molar-refractivity contribution in [2.24, 2.45) is 4.99 Å². The number of anilines is 1. The maximum atomic E-state index is 4.81. The number of para-hydroxylation sites is 1. The second kappa shape index (κ2) is 10.6. The molecule has 4 rings (SSSR count). The van der Waals surface area contributed by atoms with E-state index in [0.29, 0.717) is 0 Å². The van der Waals surface area contributed by atoms with Crippen molar-refractivity contribution >= 4 is 58.2 Å². The summed E-state index contributed by atoms with van der Waals surface area (Å²) in [5, 5.41) is 0. The Morgan fingerprint density at radius 3 is 2.48 bits per heavy atom. The third kappa shape index (κ3) is 5.27. The molecule has 2 heterocycles. The molecular formula is C23H22BrCl2N3. The molecule has 0 unspecified atom stereocenters. The number of rotatable bonds is 3. The van der Waals surface area contributed by atoms with E-state index in [2.05, 4.69) is 99.6 Å². The lowest BCUT2D eigenvalue weighted by Gasteiger charge is -2.18. The average molecular weight is 491 g/mol. The van der Waals surface area contributed by atoms with Gasteiger partial charge in [0, 0.05) is 47.3 Å². The van der Waals surface area contributed by atoms with E-state index in [4.69, 9.17) is 4.99 Å². The lowest BCUT2D eigenvalue weighted by Crippen LogP contribution is -2.20. The Morgan fingerprint density at radius 1 is 0.931 bits per heavy atom. The molecular weight excluding hydrogens is 469 g/mol. The number of aromatic nitrogens is 1. The van der Waals surface area contributed by atoms with Gasteiger partial charge >= 0.3 is 0 Å². The maximum absolute atomic E-state index is 4.81. The van der Waals surface area contributed by atoms with Crippen LogP contribution in [0.2, 0.25) is 0 Å². The van der Waals surface area contributed by atoms with Gasteiger partial charge in [0.1, 0.15) is 0 Å². The third-order valence-electron chi connectivity index (χ3n) is 4.74. The first kappa shape index (κ1) is 23.1. The van der Waals surface area contributed by atoms with Crippen LogP contribution in [0.25, 0.3) is 17.2 Å². The molecule has 0 spiro atoms. The highest BCUT2D eigenvalue weighted by Crippen LogP contribution is 2.27. The van der Waals surface area contributed by atoms with Crippen LogP contribution in [0.3, 0.4) is 0 Å². The quantitative estimate of drug-likeness (QED) is 0.430. The minimum atomic E-state index is 0. The fraction of sp³-hybridized carbons (Fsp3) is 0.130. The molecule has 0 fully saturated rings. The number of pyridine rings is 1. The lowest BCUT2D eigenvalue weighted by atomic mass is 10.0. The van der Waals surface area contributed by atoms with Gasteiger partial charge in [-0.15, -0.1) is 24.8 Å². The fourth-order valence-electron chi connectivity index (χ4n) is 3.29. The first-order valence-corrected chi connectivity index (χ1v) is 9.75. The molecule has 6 heteroatoms. The van der Waals surface area contributed by atoms with Gasteiger partial charge in [0.05, 0.1) is 12.3 Å². The zero-order valence-electron chi connectivity index (χ0n) is 16.0. The second-order valence-electron chi connectivity index (χ2n) is 6.51. The minimum absolute atomic E-state index is 0. The molecule has 0 bridgehead atoms. The van der Waals surface area contributed by atoms with Crippen LogP contribution in [0.5, 0.6) is 0 Å². The Labute approximate surface area is 192 Å². The summed E-state index contributed by atoms with van der Waals surface area (Å²) in [7, 11) is 2.12. The number of aliphatic imine (C=N–C) groups is 1. The first-order chi connectivity index (χ1) is 13.2. The molecule has 29 heavy (non-hydrogen) atoms. The highest BCUT2D eigenvalue weighted by Gasteiger charge is 2.13. The van der Waals surface area contributed by atoms with Crippen LogP contribution in [0.4, 0.5) is 5.69 Å². The Morgan fingerprint density at radius 2 is 1.69 bits per heavy atom. The molecule has 0 atom stereocenters. The van der Waals surface area contributed by atoms with E-state index >= 15 is 0 Å². The van der Waals surface area contributed by atoms with E-state index in [9.17, 15) is 0 Å². The molecule has 3 aromatic rings. The molecule has 1 aliphatic heterocycles. The second-order valence-corrected chi connectivity index (χ2v) is 7.42. The molecule has 1 aliphatic rings. The number of allylic oxidation sites excluding steroid dienone is 1. The SMILES string of the molecule is CN1CCN=C(/C=C/c2cnccc2-c2ccc(Br)cc2)c2ccccc21.Cl.Cl. The zero-order valence-corrected chi connectivity index (χ0v) is 19.2. The molecule has 0 N–H and O–H groups in total. The Hall–Kier alpha value is -2.14. The van der Waals surface area contributed by atoms with Crippen molar-refractivity contribution in [3.8, 4) is 11.1 Å². The maximum Gasteiger partial charge on any atom is 0.0668 e. The average Bonchev–Trinajstić information content (AvgIpc) is 2.86. The Bertz CT molecular complexity index is 1020. The predicted octanol–water partition coefficient (Wildman–Crippen LogP) is 6.31. The standard InChI is InChI=1S/C23H20BrN3.2ClH/c1-27-15-14-26-22(21-4-2-3-5-23(21)27)11-8-18-16-25-13-12-20(18)17-6-9-19(24)10-7-17;;/h2-13,16H,14-15H2,1H3;2*1H/b11-8+;;. The molecule has 150 valence electrons. The van der Waals surface area contributed by atoms with Crippen molar-refractivity contribution in [2.45, 2.75) is 0 Å². The molecule has 2 aromatic carbocycles. The topological polar surface area (TPSA) is 28.5 Å². The molecule has 0 saturated heterocycles. The van der Waals surface area contributed by atoms with Gasteiger partial charge in [-0.25, -0.2) is 0 Å². The highest BCUT2D eigenvalue weighted by molar-refractivity contribution is 9.10. The fourth-order valence-corrected chi connectivity index (χ4v) is 3.56. The highest BCUT2D eigenvalue weighted by atomic mass is 79.9. The van der Waals surface area contributed by atoms with Crippen LogP contribution in [-0.4, -0.2) is 30.8 Å². The van der Waals surface area contributed by atoms with Crippen LogP contribution < -0.4 is 4.90 Å². The van der Waals surface area contributed by atoms with E-state index in [1.165, 1.54) is 16.8 Å². The smallest absolute Gasteiger partial charge is 0.0668 e. The number of nitrogens with zero attached hydrogens (tertiary/aromatic N) is 3. The predicted molar refractivity (Wildman–Crippen MR) is 132 cm³/mol. The normalized spacial score (nSPS) is 13.0. The Balaban J connectivity index is 0.00000150. The summed E-state index contributed by atoms with van der Waals surface area (Å²) in [6.07, 6.45) is 7.97. The number of fused-ring (bicyclic) bond motifs is 1. The Kier molecular flexibility index (Phi) is 8.45. The largest absolute Gasteiger partial charge is 0.372 e. The van der Waals surface area contributed by atoms with E-state index in [1.807, 2.05) is 12.4 Å². The number of halogens is 3. The number of likely N-dealkylation sites (N-methyl/N-ethyl adjacent to an activating group) is 1. The van der Waals surface area contributed by atoms with Crippen LogP contribution in [0.15, 0.2) is 82.5 Å². The summed E-state index contributed by atoms with van der Waals surface area (Å²) < 4.78 is 1.07. The van der Waals surface area contributed by atoms with Gasteiger partial charge in [0.15, 0.2) is 0 Å². The van der Waals surface area contributed by atoms with Gasteiger partial charge in [0.2, 0.25) is 0 Å². The van der Waals surface area contributed by atoms with Crippen molar-refractivity contribution in [2.75, 3.05) is 25.0 Å². The lowest BCUT2D eigenvalue weighted by molar-refractivity contribution is 0.897. The van der Waals surface area contributed by atoms with Gasteiger partial charge in [-0.3, -0.25) is 9.98 Å². The van der Waals surface area contributed by atoms with Crippen molar-refractivity contribution in [3.05, 3.63) is 88.7 Å². The molecule has 1 aromatic heterocycles. The van der Waals surface area contributed by atoms with Crippen molar-refractivity contribution in [1.82, 2.24) is 4.98 Å². The van der Waals surface area contributed by atoms with Crippen molar-refractivity contribution in [3.63, 3.8) is 0 Å². The van der Waals surface area contributed by atoms with E-state index < -0.39 is 0 Å². The van der Waals surface area contributed by atoms with Crippen molar-refractivity contribution < 1.29 is 0 Å². The number of benzodiazepines with no additional fused rings is 1. The van der Waals surface area contributed by atoms with E-state index in [-0.39, 0.29) is 24.8 Å². The van der Waals surface area contributed by atoms with E-state index in [1.54, 1.807) is 0 Å². The van der Waals surface area contributed by atoms with Crippen LogP contribution in [-0.2, 0) is 0 Å². The molecule has 3 nitrogen and oxygen atoms in total. The van der Waals surface area contributed by atoms with Gasteiger partial charge in [-0.1, -0.05) is 52.3 Å². The van der Waals surface area contributed by atoms with Crippen molar-refractivity contribution in [1.29, 1.82) is 0 Å². The van der Waals surface area contributed by atoms with Crippen LogP contribution in [0, 0.1) is 0 Å². The number of hydrogen-bond acceptors (Lipinski definition) is 3. The number of hydrogen-bond donors (Lipinski definition) is 0. The summed E-state index contributed by atoms with van der Waals surface area (Å²) in [4.78, 5) is 11.4. The van der Waals surface area contributed by atoms with Crippen LogP contribution >= 0.6 is 40.7 Å². The molecule has 0 aliphatic carbocycles. The minimum Gasteiger partial charge on any atom is -0.372 e. The van der Waals surface area contributed by atoms with Crippen LogP contribution in [0.1, 0.15) is 11.1 Å². The molecule has 0 amide bonds. The molecule has 0 radical (unpaired) electrons. The molecule has 0 saturated carbocycles. The first-order valence-electron chi connectivity index (χ1n) is 8.95. The summed E-state index contributed by atoms with van der Waals surface area (Å²) in [5.74, 6) is 0. The van der Waals surface area contributed by atoms with Gasteiger partial charge in [-0.2, -0.15) is 0 Å². The van der Waals surface area contributed by atoms with Gasteiger partial charge in [-0.05, 0) is 41.5 Å². The summed E-state index contributed by atoms with van der Waals surface area (Å²) in [6, 6.07) is 18.8. The summed E-state index contributed by atoms with van der Waals surface area (Å²) >= 11 is 3.50. The summed E-state index contributed by atoms with van der Waals surface area (Å²) in [6.45, 7) is 1.71. The third-order valence-corrected chi connectivity index (χ3v) is 5.27. The summed E-state index contributed by atoms with van der Waals surface area (Å²) in [5.41, 5.74) is 6.82. The van der Waals surface area contributed by atoms with Gasteiger partial charge < -0.3 is 4.90 Å². The number of benzene rings is 2. The van der Waals surface area contributed by atoms with Gasteiger partial charge in [0.25, 0.3) is 0 Å². The zero-order chi connectivity index (χ0) is 18.6.